The van der Waals surface area contributed by atoms with Crippen LogP contribution in [0.3, 0.4) is 0 Å². The predicted molar refractivity (Wildman–Crippen MR) is 116 cm³/mol. The van der Waals surface area contributed by atoms with Crippen LogP contribution in [0.5, 0.6) is 5.75 Å². The lowest BCUT2D eigenvalue weighted by atomic mass is 10.0. The van der Waals surface area contributed by atoms with E-state index in [1.54, 1.807) is 7.11 Å². The van der Waals surface area contributed by atoms with E-state index in [0.29, 0.717) is 0 Å². The molecule has 1 aromatic heterocycles. The minimum atomic E-state index is 0.0205. The van der Waals surface area contributed by atoms with Crippen LogP contribution in [-0.2, 0) is 6.54 Å². The van der Waals surface area contributed by atoms with Crippen molar-refractivity contribution in [2.75, 3.05) is 33.3 Å². The van der Waals surface area contributed by atoms with E-state index in [4.69, 9.17) is 4.74 Å². The minimum absolute atomic E-state index is 0.0205. The van der Waals surface area contributed by atoms with Gasteiger partial charge in [-0.2, -0.15) is 0 Å². The summed E-state index contributed by atoms with van der Waals surface area (Å²) in [5.74, 6) is 1.75. The van der Waals surface area contributed by atoms with Gasteiger partial charge < -0.3 is 4.74 Å². The summed E-state index contributed by atoms with van der Waals surface area (Å²) in [7, 11) is 1.69. The fourth-order valence-electron chi connectivity index (χ4n) is 4.08. The van der Waals surface area contributed by atoms with Crippen molar-refractivity contribution in [2.24, 2.45) is 0 Å². The van der Waals surface area contributed by atoms with Gasteiger partial charge in [0.2, 0.25) is 0 Å². The van der Waals surface area contributed by atoms with Crippen LogP contribution in [0.15, 0.2) is 54.6 Å². The summed E-state index contributed by atoms with van der Waals surface area (Å²) < 4.78 is 7.29. The molecule has 30 heavy (non-hydrogen) atoms. The van der Waals surface area contributed by atoms with E-state index >= 15 is 0 Å². The van der Waals surface area contributed by atoms with Crippen molar-refractivity contribution in [3.05, 3.63) is 71.5 Å². The maximum atomic E-state index is 5.35. The number of ether oxygens (including phenoxy) is 1. The first-order valence-electron chi connectivity index (χ1n) is 10.6. The van der Waals surface area contributed by atoms with Crippen molar-refractivity contribution in [2.45, 2.75) is 32.5 Å². The van der Waals surface area contributed by atoms with Gasteiger partial charge in [0, 0.05) is 32.7 Å². The highest BCUT2D eigenvalue weighted by Crippen LogP contribution is 2.30. The molecule has 0 N–H and O–H groups in total. The lowest BCUT2D eigenvalue weighted by molar-refractivity contribution is 0.0996. The molecule has 1 fully saturated rings. The summed E-state index contributed by atoms with van der Waals surface area (Å²) in [6, 6.07) is 19.2. The molecule has 2 heterocycles. The summed E-state index contributed by atoms with van der Waals surface area (Å²) in [4.78, 5) is 5.01. The lowest BCUT2D eigenvalue weighted by Crippen LogP contribution is -2.48. The van der Waals surface area contributed by atoms with E-state index in [-0.39, 0.29) is 12.1 Å². The van der Waals surface area contributed by atoms with Crippen molar-refractivity contribution < 1.29 is 4.74 Å². The largest absolute Gasteiger partial charge is 0.497 e. The summed E-state index contributed by atoms with van der Waals surface area (Å²) in [6.45, 7) is 9.19. The van der Waals surface area contributed by atoms with E-state index in [9.17, 15) is 0 Å². The van der Waals surface area contributed by atoms with Crippen LogP contribution in [0.1, 0.15) is 42.9 Å². The third-order valence-corrected chi connectivity index (χ3v) is 5.70. The molecular formula is C23H30N6O. The van der Waals surface area contributed by atoms with E-state index in [2.05, 4.69) is 81.6 Å². The Balaban J connectivity index is 1.55. The molecule has 0 aliphatic carbocycles. The monoisotopic (exact) mass is 406 g/mol. The standard InChI is InChI=1S/C23H30N6O/c1-18(2)29-23(24-25-26-29)22(20-9-11-21(30-3)12-10-20)28-15-13-27(14-16-28)17-19-7-5-4-6-8-19/h4-12,18,22H,13-17H2,1-3H3/t22-/m0/s1. The highest BCUT2D eigenvalue weighted by Gasteiger charge is 2.31. The third kappa shape index (κ3) is 4.52. The van der Waals surface area contributed by atoms with Gasteiger partial charge in [0.15, 0.2) is 5.82 Å². The number of benzene rings is 2. The van der Waals surface area contributed by atoms with Gasteiger partial charge in [-0.05, 0) is 47.5 Å². The Bertz CT molecular complexity index is 916. The first kappa shape index (κ1) is 20.5. The van der Waals surface area contributed by atoms with E-state index in [0.717, 1.165) is 44.3 Å². The van der Waals surface area contributed by atoms with E-state index < -0.39 is 0 Å². The number of nitrogens with zero attached hydrogens (tertiary/aromatic N) is 6. The molecule has 7 nitrogen and oxygen atoms in total. The molecule has 0 unspecified atom stereocenters. The second-order valence-electron chi connectivity index (χ2n) is 8.05. The lowest BCUT2D eigenvalue weighted by Gasteiger charge is -2.39. The minimum Gasteiger partial charge on any atom is -0.497 e. The average Bonchev–Trinajstić information content (AvgIpc) is 3.26. The zero-order chi connectivity index (χ0) is 20.9. The van der Waals surface area contributed by atoms with E-state index in [1.165, 1.54) is 11.1 Å². The molecule has 2 aromatic carbocycles. The quantitative estimate of drug-likeness (QED) is 0.601. The van der Waals surface area contributed by atoms with Crippen LogP contribution in [0, 0.1) is 0 Å². The molecule has 0 spiro atoms. The van der Waals surface area contributed by atoms with Crippen molar-refractivity contribution in [1.29, 1.82) is 0 Å². The number of rotatable bonds is 7. The molecule has 158 valence electrons. The fraction of sp³-hybridized carbons (Fsp3) is 0.435. The predicted octanol–water partition coefficient (Wildman–Crippen LogP) is 3.17. The van der Waals surface area contributed by atoms with Gasteiger partial charge in [-0.3, -0.25) is 9.80 Å². The fourth-order valence-corrected chi connectivity index (χ4v) is 4.08. The Kier molecular flexibility index (Phi) is 6.40. The second kappa shape index (κ2) is 9.36. The average molecular weight is 407 g/mol. The summed E-state index contributed by atoms with van der Waals surface area (Å²) in [6.07, 6.45) is 0. The first-order chi connectivity index (χ1) is 14.7. The Labute approximate surface area is 178 Å². The van der Waals surface area contributed by atoms with Gasteiger partial charge in [-0.15, -0.1) is 5.10 Å². The van der Waals surface area contributed by atoms with E-state index in [1.807, 2.05) is 16.8 Å². The molecule has 0 saturated carbocycles. The number of hydrogen-bond donors (Lipinski definition) is 0. The molecule has 4 rings (SSSR count). The molecule has 1 saturated heterocycles. The van der Waals surface area contributed by atoms with Gasteiger partial charge in [0.1, 0.15) is 5.75 Å². The number of hydrogen-bond acceptors (Lipinski definition) is 6. The molecule has 1 aliphatic rings. The number of aromatic nitrogens is 4. The number of methoxy groups -OCH3 is 1. The van der Waals surface area contributed by atoms with Gasteiger partial charge in [-0.25, -0.2) is 4.68 Å². The van der Waals surface area contributed by atoms with Crippen molar-refractivity contribution >= 4 is 0 Å². The van der Waals surface area contributed by atoms with Crippen LogP contribution in [0.2, 0.25) is 0 Å². The SMILES string of the molecule is COc1ccc([C@@H](c2nnnn2C(C)C)N2CCN(Cc3ccccc3)CC2)cc1. The zero-order valence-corrected chi connectivity index (χ0v) is 18.0. The molecule has 1 aliphatic heterocycles. The topological polar surface area (TPSA) is 59.3 Å². The van der Waals surface area contributed by atoms with Crippen LogP contribution in [-0.4, -0.2) is 63.3 Å². The van der Waals surface area contributed by atoms with Crippen molar-refractivity contribution in [1.82, 2.24) is 30.0 Å². The second-order valence-corrected chi connectivity index (χ2v) is 8.05. The highest BCUT2D eigenvalue weighted by atomic mass is 16.5. The summed E-state index contributed by atoms with van der Waals surface area (Å²) in [5, 5.41) is 12.7. The highest BCUT2D eigenvalue weighted by molar-refractivity contribution is 5.32. The Morgan fingerprint density at radius 3 is 2.27 bits per heavy atom. The Morgan fingerprint density at radius 2 is 1.63 bits per heavy atom. The molecule has 1 atom stereocenters. The van der Waals surface area contributed by atoms with Crippen LogP contribution in [0.4, 0.5) is 0 Å². The van der Waals surface area contributed by atoms with Gasteiger partial charge >= 0.3 is 0 Å². The van der Waals surface area contributed by atoms with Crippen molar-refractivity contribution in [3.8, 4) is 5.75 Å². The van der Waals surface area contributed by atoms with Gasteiger partial charge in [0.05, 0.1) is 19.2 Å². The zero-order valence-electron chi connectivity index (χ0n) is 18.0. The molecular weight excluding hydrogens is 376 g/mol. The molecule has 7 heteroatoms. The summed E-state index contributed by atoms with van der Waals surface area (Å²) >= 11 is 0. The number of piperazine rings is 1. The number of tetrazole rings is 1. The normalized spacial score (nSPS) is 16.7. The van der Waals surface area contributed by atoms with Gasteiger partial charge in [0.25, 0.3) is 0 Å². The van der Waals surface area contributed by atoms with Crippen LogP contribution in [0.25, 0.3) is 0 Å². The van der Waals surface area contributed by atoms with Gasteiger partial charge in [-0.1, -0.05) is 42.5 Å². The smallest absolute Gasteiger partial charge is 0.173 e. The molecule has 0 amide bonds. The first-order valence-corrected chi connectivity index (χ1v) is 10.6. The van der Waals surface area contributed by atoms with Crippen LogP contribution < -0.4 is 4.74 Å². The Hall–Kier alpha value is -2.77. The summed E-state index contributed by atoms with van der Waals surface area (Å²) in [5.41, 5.74) is 2.55. The maximum Gasteiger partial charge on any atom is 0.173 e. The molecule has 0 radical (unpaired) electrons. The van der Waals surface area contributed by atoms with Crippen molar-refractivity contribution in [3.63, 3.8) is 0 Å². The third-order valence-electron chi connectivity index (χ3n) is 5.70. The molecule has 0 bridgehead atoms. The Morgan fingerprint density at radius 1 is 0.933 bits per heavy atom. The maximum absolute atomic E-state index is 5.35. The van der Waals surface area contributed by atoms with Crippen LogP contribution >= 0.6 is 0 Å². The molecule has 3 aromatic rings.